The van der Waals surface area contributed by atoms with E-state index in [4.69, 9.17) is 10.3 Å². The van der Waals surface area contributed by atoms with Crippen molar-refractivity contribution in [2.24, 2.45) is 5.73 Å². The van der Waals surface area contributed by atoms with Crippen molar-refractivity contribution >= 4 is 0 Å². The molecule has 2 rings (SSSR count). The molecule has 0 aliphatic carbocycles. The molecule has 0 fully saturated rings. The van der Waals surface area contributed by atoms with E-state index in [9.17, 15) is 5.11 Å². The second kappa shape index (κ2) is 4.82. The number of hydrogen-bond acceptors (Lipinski definition) is 6. The van der Waals surface area contributed by atoms with E-state index in [0.29, 0.717) is 24.5 Å². The Morgan fingerprint density at radius 2 is 2.31 bits per heavy atom. The molecule has 0 unspecified atom stereocenters. The first-order valence-corrected chi connectivity index (χ1v) is 4.94. The first-order valence-electron chi connectivity index (χ1n) is 4.94. The Bertz CT molecular complexity index is 443. The van der Waals surface area contributed by atoms with Crippen molar-refractivity contribution in [3.63, 3.8) is 0 Å². The van der Waals surface area contributed by atoms with Crippen LogP contribution in [0.15, 0.2) is 28.9 Å². The zero-order chi connectivity index (χ0) is 11.4. The van der Waals surface area contributed by atoms with Crippen LogP contribution in [0.3, 0.4) is 0 Å². The summed E-state index contributed by atoms with van der Waals surface area (Å²) in [5.41, 5.74) is 5.93. The molecule has 0 amide bonds. The molecule has 2 aromatic rings. The number of nitrogens with zero attached hydrogens (tertiary/aromatic N) is 3. The van der Waals surface area contributed by atoms with Crippen LogP contribution in [-0.4, -0.2) is 26.8 Å². The van der Waals surface area contributed by atoms with Crippen LogP contribution in [0.1, 0.15) is 18.4 Å². The van der Waals surface area contributed by atoms with Gasteiger partial charge in [0.25, 0.3) is 5.89 Å². The lowest BCUT2D eigenvalue weighted by Gasteiger charge is -2.00. The van der Waals surface area contributed by atoms with Gasteiger partial charge in [-0.05, 0) is 25.1 Å². The zero-order valence-corrected chi connectivity index (χ0v) is 8.58. The summed E-state index contributed by atoms with van der Waals surface area (Å²) >= 11 is 0. The molecule has 84 valence electrons. The molecule has 6 heteroatoms. The first-order chi connectivity index (χ1) is 7.81. The van der Waals surface area contributed by atoms with E-state index in [0.717, 1.165) is 0 Å². The first kappa shape index (κ1) is 10.7. The smallest absolute Gasteiger partial charge is 0.255 e. The third-order valence-corrected chi connectivity index (χ3v) is 2.06. The predicted octanol–water partition coefficient (Wildman–Crippen LogP) is 0.514. The quantitative estimate of drug-likeness (QED) is 0.779. The van der Waals surface area contributed by atoms with E-state index >= 15 is 0 Å². The molecule has 3 N–H and O–H groups in total. The summed E-state index contributed by atoms with van der Waals surface area (Å²) in [6.45, 7) is 0.364. The number of nitrogens with two attached hydrogens (primary N) is 1. The summed E-state index contributed by atoms with van der Waals surface area (Å²) < 4.78 is 4.93. The Balaban J connectivity index is 2.20. The highest BCUT2D eigenvalue weighted by atomic mass is 16.5. The molecule has 0 saturated heterocycles. The van der Waals surface area contributed by atoms with Gasteiger partial charge in [0, 0.05) is 6.20 Å². The van der Waals surface area contributed by atoms with Gasteiger partial charge in [0.15, 0.2) is 0 Å². The topological polar surface area (TPSA) is 98.1 Å². The summed E-state index contributed by atoms with van der Waals surface area (Å²) in [6.07, 6.45) is 1.22. The maximum Gasteiger partial charge on any atom is 0.255 e. The normalized spacial score (nSPS) is 12.6. The molecule has 6 nitrogen and oxygen atoms in total. The van der Waals surface area contributed by atoms with E-state index in [-0.39, 0.29) is 5.89 Å². The number of hydrogen-bond donors (Lipinski definition) is 2. The van der Waals surface area contributed by atoms with Crippen molar-refractivity contribution in [2.45, 2.75) is 12.5 Å². The van der Waals surface area contributed by atoms with Crippen LogP contribution in [0, 0.1) is 0 Å². The Hall–Kier alpha value is -1.79. The molecule has 0 aromatic carbocycles. The Labute approximate surface area is 92.1 Å². The summed E-state index contributed by atoms with van der Waals surface area (Å²) in [4.78, 5) is 8.13. The third kappa shape index (κ3) is 2.23. The van der Waals surface area contributed by atoms with Crippen LogP contribution >= 0.6 is 0 Å². The fourth-order valence-electron chi connectivity index (χ4n) is 1.25. The minimum atomic E-state index is -0.810. The largest absolute Gasteiger partial charge is 0.383 e. The van der Waals surface area contributed by atoms with E-state index in [2.05, 4.69) is 15.1 Å². The average molecular weight is 220 g/mol. The second-order valence-corrected chi connectivity index (χ2v) is 3.26. The van der Waals surface area contributed by atoms with Crippen LogP contribution in [-0.2, 0) is 0 Å². The molecule has 0 saturated carbocycles. The molecule has 1 atom stereocenters. The highest BCUT2D eigenvalue weighted by molar-refractivity contribution is 5.47. The van der Waals surface area contributed by atoms with Gasteiger partial charge in [-0.15, -0.1) is 0 Å². The average Bonchev–Trinajstić information content (AvgIpc) is 2.80. The molecule has 0 radical (unpaired) electrons. The molecule has 0 aliphatic rings. The van der Waals surface area contributed by atoms with Crippen molar-refractivity contribution in [1.82, 2.24) is 15.1 Å². The number of aromatic nitrogens is 3. The maximum absolute atomic E-state index is 9.58. The van der Waals surface area contributed by atoms with Crippen LogP contribution in [0.2, 0.25) is 0 Å². The lowest BCUT2D eigenvalue weighted by atomic mass is 10.2. The standard InChI is InChI=1S/C10H12N4O2/c11-5-4-8(15)10-13-9(14-16-10)7-3-1-2-6-12-7/h1-3,6,8,15H,4-5,11H2/t8-/m0/s1. The van der Waals surface area contributed by atoms with E-state index < -0.39 is 6.10 Å². The van der Waals surface area contributed by atoms with Gasteiger partial charge in [0.1, 0.15) is 11.8 Å². The zero-order valence-electron chi connectivity index (χ0n) is 8.58. The fraction of sp³-hybridized carbons (Fsp3) is 0.300. The summed E-state index contributed by atoms with van der Waals surface area (Å²) in [5.74, 6) is 0.540. The van der Waals surface area contributed by atoms with Gasteiger partial charge in [-0.1, -0.05) is 11.2 Å². The van der Waals surface area contributed by atoms with Gasteiger partial charge in [0.05, 0.1) is 0 Å². The summed E-state index contributed by atoms with van der Waals surface area (Å²) in [7, 11) is 0. The van der Waals surface area contributed by atoms with Gasteiger partial charge >= 0.3 is 0 Å². The van der Waals surface area contributed by atoms with Crippen LogP contribution in [0.25, 0.3) is 11.5 Å². The SMILES string of the molecule is NCC[C@H](O)c1nc(-c2ccccn2)no1. The molecular weight excluding hydrogens is 208 g/mol. The van der Waals surface area contributed by atoms with Gasteiger partial charge in [-0.2, -0.15) is 4.98 Å². The molecule has 16 heavy (non-hydrogen) atoms. The minimum absolute atomic E-state index is 0.172. The fourth-order valence-corrected chi connectivity index (χ4v) is 1.25. The number of pyridine rings is 1. The Morgan fingerprint density at radius 1 is 1.44 bits per heavy atom. The van der Waals surface area contributed by atoms with Gasteiger partial charge in [-0.25, -0.2) is 0 Å². The van der Waals surface area contributed by atoms with E-state index in [1.165, 1.54) is 0 Å². The van der Waals surface area contributed by atoms with Gasteiger partial charge in [0.2, 0.25) is 5.82 Å². The highest BCUT2D eigenvalue weighted by Gasteiger charge is 2.16. The van der Waals surface area contributed by atoms with E-state index in [1.807, 2.05) is 6.07 Å². The number of rotatable bonds is 4. The Morgan fingerprint density at radius 3 is 3.00 bits per heavy atom. The van der Waals surface area contributed by atoms with Crippen molar-refractivity contribution in [3.8, 4) is 11.5 Å². The van der Waals surface area contributed by atoms with E-state index in [1.54, 1.807) is 18.3 Å². The van der Waals surface area contributed by atoms with Gasteiger partial charge in [-0.3, -0.25) is 4.98 Å². The van der Waals surface area contributed by atoms with Crippen molar-refractivity contribution in [2.75, 3.05) is 6.54 Å². The van der Waals surface area contributed by atoms with Crippen LogP contribution in [0.4, 0.5) is 0 Å². The minimum Gasteiger partial charge on any atom is -0.383 e. The van der Waals surface area contributed by atoms with Crippen molar-refractivity contribution < 1.29 is 9.63 Å². The molecule has 2 aromatic heterocycles. The van der Waals surface area contributed by atoms with Crippen molar-refractivity contribution in [3.05, 3.63) is 30.3 Å². The summed E-state index contributed by atoms with van der Waals surface area (Å²) in [6, 6.07) is 5.40. The monoisotopic (exact) mass is 220 g/mol. The van der Waals surface area contributed by atoms with Gasteiger partial charge < -0.3 is 15.4 Å². The second-order valence-electron chi connectivity index (χ2n) is 3.26. The molecule has 0 bridgehead atoms. The lowest BCUT2D eigenvalue weighted by Crippen LogP contribution is -2.06. The molecule has 0 spiro atoms. The summed E-state index contributed by atoms with van der Waals surface area (Å²) in [5, 5.41) is 13.3. The molecular formula is C10H12N4O2. The predicted molar refractivity (Wildman–Crippen MR) is 56.2 cm³/mol. The van der Waals surface area contributed by atoms with Crippen LogP contribution in [0.5, 0.6) is 0 Å². The third-order valence-electron chi connectivity index (χ3n) is 2.06. The maximum atomic E-state index is 9.58. The Kier molecular flexibility index (Phi) is 3.23. The molecule has 0 aliphatic heterocycles. The molecule has 2 heterocycles. The number of aliphatic hydroxyl groups excluding tert-OH is 1. The lowest BCUT2D eigenvalue weighted by molar-refractivity contribution is 0.127. The highest BCUT2D eigenvalue weighted by Crippen LogP contribution is 2.17. The number of aliphatic hydroxyl groups is 1. The van der Waals surface area contributed by atoms with Crippen molar-refractivity contribution in [1.29, 1.82) is 0 Å². The van der Waals surface area contributed by atoms with Crippen LogP contribution < -0.4 is 5.73 Å².